The number of halogens is 8. The Hall–Kier alpha value is -2.04. The van der Waals surface area contributed by atoms with Crippen molar-refractivity contribution < 1.29 is 43.7 Å². The highest BCUT2D eigenvalue weighted by Gasteiger charge is 2.49. The fourth-order valence-corrected chi connectivity index (χ4v) is 6.35. The van der Waals surface area contributed by atoms with Gasteiger partial charge >= 0.3 is 21.8 Å². The number of alkyl halides is 7. The molecule has 2 atom stereocenters. The molecule has 1 fully saturated rings. The van der Waals surface area contributed by atoms with Crippen LogP contribution in [0.3, 0.4) is 0 Å². The number of carbonyl (C=O) groups is 1. The number of likely N-dealkylation sites (tertiary alicyclic amines) is 1. The number of benzene rings is 2. The Balaban J connectivity index is 2.10. The Bertz CT molecular complexity index is 1340. The molecule has 15 heteroatoms. The minimum absolute atomic E-state index is 0.159. The standard InChI is InChI=1S/C24H22ClF6IN2O4S/c1-2-12-34-13-4-3-11-22(34,32)20(15-7-5-8-16(14-15)38-39(36,37)24(29,30)31)33-21(35)17-9-6-10-18(19(17)25)23(26,27)28/h2,5-10,14,20H,1,3-4,11-13H2,(H,33,35)/t20-,22+/m0/s1. The lowest BCUT2D eigenvalue weighted by Crippen LogP contribution is -2.55. The van der Waals surface area contributed by atoms with Crippen molar-refractivity contribution in [3.05, 3.63) is 76.8 Å². The van der Waals surface area contributed by atoms with Gasteiger partial charge in [-0.15, -0.1) is 6.58 Å². The van der Waals surface area contributed by atoms with E-state index in [1.54, 1.807) is 6.08 Å². The molecule has 0 saturated carbocycles. The molecule has 1 N–H and O–H groups in total. The maximum atomic E-state index is 13.4. The minimum Gasteiger partial charge on any atom is -0.376 e. The van der Waals surface area contributed by atoms with E-state index in [9.17, 15) is 39.6 Å². The number of carbonyl (C=O) groups excluding carboxylic acids is 1. The van der Waals surface area contributed by atoms with Crippen LogP contribution in [0.5, 0.6) is 5.75 Å². The number of rotatable bonds is 8. The fraction of sp³-hybridized carbons (Fsp3) is 0.375. The van der Waals surface area contributed by atoms with E-state index < -0.39 is 59.2 Å². The highest BCUT2D eigenvalue weighted by Crippen LogP contribution is 2.45. The van der Waals surface area contributed by atoms with Crippen LogP contribution in [0.1, 0.15) is 46.8 Å². The summed E-state index contributed by atoms with van der Waals surface area (Å²) in [6.07, 6.45) is -1.24. The molecule has 214 valence electrons. The fourth-order valence-electron chi connectivity index (χ4n) is 4.25. The molecule has 2 aromatic carbocycles. The van der Waals surface area contributed by atoms with E-state index >= 15 is 0 Å². The second-order valence-corrected chi connectivity index (χ2v) is 12.4. The summed E-state index contributed by atoms with van der Waals surface area (Å²) in [4.78, 5) is 15.3. The van der Waals surface area contributed by atoms with Crippen LogP contribution in [0.25, 0.3) is 0 Å². The molecule has 0 bridgehead atoms. The third-order valence-corrected chi connectivity index (χ3v) is 9.26. The molecule has 0 aliphatic carbocycles. The first-order chi connectivity index (χ1) is 18.0. The van der Waals surface area contributed by atoms with E-state index in [0.29, 0.717) is 25.9 Å². The van der Waals surface area contributed by atoms with Crippen LogP contribution in [0.15, 0.2) is 55.1 Å². The van der Waals surface area contributed by atoms with Crippen LogP contribution < -0.4 is 9.50 Å². The lowest BCUT2D eigenvalue weighted by molar-refractivity contribution is -0.137. The van der Waals surface area contributed by atoms with Gasteiger partial charge in [0.25, 0.3) is 5.91 Å². The zero-order valence-corrected chi connectivity index (χ0v) is 23.7. The predicted molar refractivity (Wildman–Crippen MR) is 141 cm³/mol. The summed E-state index contributed by atoms with van der Waals surface area (Å²) in [5.74, 6) is -1.63. The number of amides is 1. The maximum Gasteiger partial charge on any atom is 0.534 e. The molecule has 6 nitrogen and oxygen atoms in total. The molecule has 2 aromatic rings. The Kier molecular flexibility index (Phi) is 9.55. The van der Waals surface area contributed by atoms with Crippen molar-refractivity contribution in [3.8, 4) is 5.75 Å². The topological polar surface area (TPSA) is 75.7 Å². The first-order valence-corrected chi connectivity index (χ1v) is 14.2. The summed E-state index contributed by atoms with van der Waals surface area (Å²) in [7, 11) is -5.98. The van der Waals surface area contributed by atoms with Crippen LogP contribution in [0, 0.1) is 0 Å². The zero-order chi connectivity index (χ0) is 29.2. The molecule has 0 radical (unpaired) electrons. The lowest BCUT2D eigenvalue weighted by atomic mass is 9.90. The smallest absolute Gasteiger partial charge is 0.376 e. The molecular formula is C24H22ClF6IN2O4S. The third-order valence-electron chi connectivity index (χ3n) is 6.03. The van der Waals surface area contributed by atoms with Gasteiger partial charge in [-0.3, -0.25) is 9.69 Å². The Morgan fingerprint density at radius 3 is 2.46 bits per heavy atom. The molecule has 0 aromatic heterocycles. The summed E-state index contributed by atoms with van der Waals surface area (Å²) >= 11 is 8.04. The highest BCUT2D eigenvalue weighted by atomic mass is 127. The maximum absolute atomic E-state index is 13.4. The molecule has 0 unspecified atom stereocenters. The Morgan fingerprint density at radius 1 is 1.18 bits per heavy atom. The van der Waals surface area contributed by atoms with Gasteiger partial charge in [-0.1, -0.05) is 58.5 Å². The van der Waals surface area contributed by atoms with Crippen molar-refractivity contribution in [1.29, 1.82) is 0 Å². The predicted octanol–water partition coefficient (Wildman–Crippen LogP) is 6.86. The molecule has 39 heavy (non-hydrogen) atoms. The number of nitrogens with zero attached hydrogens (tertiary/aromatic N) is 1. The summed E-state index contributed by atoms with van der Waals surface area (Å²) in [6, 6.07) is 6.53. The quantitative estimate of drug-likeness (QED) is 0.0617. The van der Waals surface area contributed by atoms with Gasteiger partial charge in [0.05, 0.1) is 25.7 Å². The van der Waals surface area contributed by atoms with Crippen LogP contribution in [-0.2, 0) is 16.3 Å². The first-order valence-electron chi connectivity index (χ1n) is 11.3. The number of nitrogens with one attached hydrogen (secondary N) is 1. The van der Waals surface area contributed by atoms with Crippen molar-refractivity contribution >= 4 is 50.2 Å². The number of hydrogen-bond donors (Lipinski definition) is 1. The zero-order valence-electron chi connectivity index (χ0n) is 20.0. The Labute approximate surface area is 239 Å². The normalized spacial score (nSPS) is 19.8. The van der Waals surface area contributed by atoms with E-state index in [1.807, 2.05) is 4.90 Å². The van der Waals surface area contributed by atoms with Gasteiger partial charge in [0.2, 0.25) is 0 Å². The van der Waals surface area contributed by atoms with Gasteiger partial charge in [0, 0.05) is 6.54 Å². The molecule has 1 saturated heterocycles. The van der Waals surface area contributed by atoms with E-state index in [0.717, 1.165) is 36.8 Å². The SMILES string of the molecule is C=CCN1CCCC[C@]1(I)[C@@H](NC(=O)c1cccc(C(F)(F)F)c1Cl)c1cccc(OS(=O)(=O)C(F)(F)F)c1. The number of hydrogen-bond acceptors (Lipinski definition) is 5. The van der Waals surface area contributed by atoms with Gasteiger partial charge in [0.15, 0.2) is 0 Å². The van der Waals surface area contributed by atoms with Gasteiger partial charge in [-0.2, -0.15) is 34.8 Å². The first kappa shape index (κ1) is 31.5. The van der Waals surface area contributed by atoms with E-state index in [-0.39, 0.29) is 5.56 Å². The average Bonchev–Trinajstić information content (AvgIpc) is 2.82. The molecule has 3 rings (SSSR count). The number of piperidine rings is 1. The largest absolute Gasteiger partial charge is 0.534 e. The van der Waals surface area contributed by atoms with Crippen LogP contribution >= 0.6 is 34.2 Å². The summed E-state index contributed by atoms with van der Waals surface area (Å²) in [5, 5.41) is 1.87. The minimum atomic E-state index is -5.98. The summed E-state index contributed by atoms with van der Waals surface area (Å²) in [6.45, 7) is 4.65. The second-order valence-electron chi connectivity index (χ2n) is 8.64. The van der Waals surface area contributed by atoms with Crippen molar-refractivity contribution in [3.63, 3.8) is 0 Å². The van der Waals surface area contributed by atoms with E-state index in [2.05, 4.69) is 38.7 Å². The molecule has 0 spiro atoms. The highest BCUT2D eigenvalue weighted by molar-refractivity contribution is 14.1. The Morgan fingerprint density at radius 2 is 1.85 bits per heavy atom. The molecule has 1 heterocycles. The molecule has 1 amide bonds. The van der Waals surface area contributed by atoms with Crippen molar-refractivity contribution in [2.45, 2.75) is 40.5 Å². The van der Waals surface area contributed by atoms with Crippen LogP contribution in [0.4, 0.5) is 26.3 Å². The van der Waals surface area contributed by atoms with E-state index in [1.165, 1.54) is 12.1 Å². The van der Waals surface area contributed by atoms with Gasteiger partial charge in [-0.25, -0.2) is 0 Å². The van der Waals surface area contributed by atoms with Crippen LogP contribution in [-0.4, -0.2) is 41.4 Å². The average molecular weight is 711 g/mol. The van der Waals surface area contributed by atoms with Gasteiger partial charge in [-0.05, 0) is 55.6 Å². The monoisotopic (exact) mass is 710 g/mol. The third kappa shape index (κ3) is 7.00. The summed E-state index contributed by atoms with van der Waals surface area (Å²) in [5.41, 5.74) is -7.19. The van der Waals surface area contributed by atoms with Crippen molar-refractivity contribution in [2.75, 3.05) is 13.1 Å². The lowest BCUT2D eigenvalue weighted by Gasteiger charge is -2.48. The summed E-state index contributed by atoms with van der Waals surface area (Å²) < 4.78 is 105. The van der Waals surface area contributed by atoms with E-state index in [4.69, 9.17) is 11.6 Å². The molecule has 1 aliphatic heterocycles. The molecular weight excluding hydrogens is 689 g/mol. The van der Waals surface area contributed by atoms with Crippen LogP contribution in [0.2, 0.25) is 5.02 Å². The van der Waals surface area contributed by atoms with Crippen molar-refractivity contribution in [2.24, 2.45) is 0 Å². The van der Waals surface area contributed by atoms with Gasteiger partial charge in [0.1, 0.15) is 5.75 Å². The second kappa shape index (κ2) is 11.8. The van der Waals surface area contributed by atoms with Gasteiger partial charge < -0.3 is 9.50 Å². The molecule has 1 aliphatic rings. The van der Waals surface area contributed by atoms with Crippen molar-refractivity contribution in [1.82, 2.24) is 10.2 Å².